The summed E-state index contributed by atoms with van der Waals surface area (Å²) in [6, 6.07) is 0. The molecule has 1 atom stereocenters. The molecule has 5 nitrogen and oxygen atoms in total. The Hall–Kier alpha value is -0.170. The largest absolute Gasteiger partial charge is 0.378 e. The first-order valence-electron chi connectivity index (χ1n) is 4.05. The van der Waals surface area contributed by atoms with E-state index >= 15 is 0 Å². The molecule has 78 valence electrons. The molecule has 1 fully saturated rings. The highest BCUT2D eigenvalue weighted by atomic mass is 32.2. The van der Waals surface area contributed by atoms with Gasteiger partial charge < -0.3 is 9.47 Å². The van der Waals surface area contributed by atoms with Crippen LogP contribution in [-0.2, 0) is 19.5 Å². The summed E-state index contributed by atoms with van der Waals surface area (Å²) in [7, 11) is -1.58. The van der Waals surface area contributed by atoms with Crippen molar-refractivity contribution in [2.45, 2.75) is 12.0 Å². The SMILES string of the molecule is COC1(CNS(C)(=O)=O)CCOC1. The Bertz CT molecular complexity index is 256. The third-order valence-corrected chi connectivity index (χ3v) is 2.83. The van der Waals surface area contributed by atoms with Crippen LogP contribution in [0.3, 0.4) is 0 Å². The van der Waals surface area contributed by atoms with Gasteiger partial charge in [-0.25, -0.2) is 13.1 Å². The quantitative estimate of drug-likeness (QED) is 0.667. The molecule has 6 heteroatoms. The summed E-state index contributed by atoms with van der Waals surface area (Å²) in [6.45, 7) is 1.35. The molecule has 13 heavy (non-hydrogen) atoms. The van der Waals surface area contributed by atoms with E-state index in [1.54, 1.807) is 7.11 Å². The highest BCUT2D eigenvalue weighted by molar-refractivity contribution is 7.88. The van der Waals surface area contributed by atoms with Gasteiger partial charge in [0.2, 0.25) is 10.0 Å². The molecule has 0 radical (unpaired) electrons. The van der Waals surface area contributed by atoms with Crippen molar-refractivity contribution >= 4 is 10.0 Å². The normalized spacial score (nSPS) is 29.4. The van der Waals surface area contributed by atoms with Crippen LogP contribution in [0.4, 0.5) is 0 Å². The maximum atomic E-state index is 10.8. The van der Waals surface area contributed by atoms with Gasteiger partial charge in [0.05, 0.1) is 12.9 Å². The summed E-state index contributed by atoms with van der Waals surface area (Å²) in [5.41, 5.74) is -0.469. The van der Waals surface area contributed by atoms with Gasteiger partial charge in [0, 0.05) is 26.7 Å². The van der Waals surface area contributed by atoms with Crippen LogP contribution in [0, 0.1) is 0 Å². The number of sulfonamides is 1. The smallest absolute Gasteiger partial charge is 0.208 e. The summed E-state index contributed by atoms with van der Waals surface area (Å²) in [5.74, 6) is 0. The predicted octanol–water partition coefficient (Wildman–Crippen LogP) is -0.659. The third-order valence-electron chi connectivity index (χ3n) is 2.16. The first-order chi connectivity index (χ1) is 5.97. The number of hydrogen-bond donors (Lipinski definition) is 1. The molecule has 1 N–H and O–H groups in total. The molecule has 0 aromatic carbocycles. The van der Waals surface area contributed by atoms with Gasteiger partial charge >= 0.3 is 0 Å². The molecule has 0 amide bonds. The van der Waals surface area contributed by atoms with E-state index in [1.165, 1.54) is 0 Å². The lowest BCUT2D eigenvalue weighted by molar-refractivity contribution is -0.0120. The molecule has 0 bridgehead atoms. The molecule has 1 unspecified atom stereocenters. The summed E-state index contributed by atoms with van der Waals surface area (Å²) in [5, 5.41) is 0. The number of hydrogen-bond acceptors (Lipinski definition) is 4. The van der Waals surface area contributed by atoms with Gasteiger partial charge in [-0.3, -0.25) is 0 Å². The minimum absolute atomic E-state index is 0.280. The van der Waals surface area contributed by atoms with Crippen LogP contribution < -0.4 is 4.72 Å². The Morgan fingerprint density at radius 1 is 1.62 bits per heavy atom. The van der Waals surface area contributed by atoms with E-state index in [4.69, 9.17) is 9.47 Å². The molecular weight excluding hydrogens is 194 g/mol. The Balaban J connectivity index is 2.50. The maximum absolute atomic E-state index is 10.8. The Morgan fingerprint density at radius 2 is 2.31 bits per heavy atom. The van der Waals surface area contributed by atoms with Crippen molar-refractivity contribution in [3.63, 3.8) is 0 Å². The molecule has 1 aliphatic heterocycles. The highest BCUT2D eigenvalue weighted by Gasteiger charge is 2.35. The van der Waals surface area contributed by atoms with Crippen LogP contribution in [-0.4, -0.2) is 47.1 Å². The zero-order chi connectivity index (χ0) is 9.95. The van der Waals surface area contributed by atoms with Crippen molar-refractivity contribution < 1.29 is 17.9 Å². The van der Waals surface area contributed by atoms with Crippen LogP contribution >= 0.6 is 0 Å². The minimum Gasteiger partial charge on any atom is -0.378 e. The second-order valence-electron chi connectivity index (χ2n) is 3.28. The second kappa shape index (κ2) is 3.91. The fourth-order valence-corrected chi connectivity index (χ4v) is 1.75. The van der Waals surface area contributed by atoms with Crippen molar-refractivity contribution in [2.75, 3.05) is 33.1 Å². The Kier molecular flexibility index (Phi) is 3.28. The van der Waals surface area contributed by atoms with Gasteiger partial charge in [0.15, 0.2) is 0 Å². The molecule has 0 aromatic rings. The van der Waals surface area contributed by atoms with Crippen molar-refractivity contribution in [1.29, 1.82) is 0 Å². The molecule has 0 aromatic heterocycles. The molecule has 0 saturated carbocycles. The van der Waals surface area contributed by atoms with E-state index in [2.05, 4.69) is 4.72 Å². The van der Waals surface area contributed by atoms with Gasteiger partial charge in [-0.1, -0.05) is 0 Å². The van der Waals surface area contributed by atoms with E-state index in [-0.39, 0.29) is 6.54 Å². The van der Waals surface area contributed by atoms with Crippen LogP contribution in [0.25, 0.3) is 0 Å². The lowest BCUT2D eigenvalue weighted by Gasteiger charge is -2.25. The standard InChI is InChI=1S/C7H15NO4S/c1-11-7(3-4-12-6-7)5-8-13(2,9)10/h8H,3-6H2,1-2H3. The highest BCUT2D eigenvalue weighted by Crippen LogP contribution is 2.21. The predicted molar refractivity (Wildman–Crippen MR) is 48.0 cm³/mol. The van der Waals surface area contributed by atoms with Crippen LogP contribution in [0.15, 0.2) is 0 Å². The first kappa shape index (κ1) is 10.9. The lowest BCUT2D eigenvalue weighted by Crippen LogP contribution is -2.44. The van der Waals surface area contributed by atoms with E-state index < -0.39 is 15.6 Å². The van der Waals surface area contributed by atoms with Crippen molar-refractivity contribution in [3.05, 3.63) is 0 Å². The maximum Gasteiger partial charge on any atom is 0.208 e. The van der Waals surface area contributed by atoms with Crippen molar-refractivity contribution in [2.24, 2.45) is 0 Å². The van der Waals surface area contributed by atoms with Gasteiger partial charge in [-0.15, -0.1) is 0 Å². The zero-order valence-corrected chi connectivity index (χ0v) is 8.69. The molecule has 0 spiro atoms. The van der Waals surface area contributed by atoms with E-state index in [0.29, 0.717) is 13.2 Å². The summed E-state index contributed by atoms with van der Waals surface area (Å²) in [6.07, 6.45) is 1.86. The first-order valence-corrected chi connectivity index (χ1v) is 5.94. The van der Waals surface area contributed by atoms with Gasteiger partial charge in [0.25, 0.3) is 0 Å². The van der Waals surface area contributed by atoms with E-state index in [0.717, 1.165) is 12.7 Å². The Labute approximate surface area is 78.5 Å². The number of ether oxygens (including phenoxy) is 2. The summed E-state index contributed by atoms with van der Waals surface area (Å²) < 4.78 is 34.5. The number of nitrogens with one attached hydrogen (secondary N) is 1. The molecule has 1 aliphatic rings. The van der Waals surface area contributed by atoms with Crippen LogP contribution in [0.1, 0.15) is 6.42 Å². The molecule has 0 aliphatic carbocycles. The topological polar surface area (TPSA) is 64.6 Å². The zero-order valence-electron chi connectivity index (χ0n) is 7.87. The third kappa shape index (κ3) is 3.22. The fraction of sp³-hybridized carbons (Fsp3) is 1.00. The molecule has 1 saturated heterocycles. The average Bonchev–Trinajstić information content (AvgIpc) is 2.49. The van der Waals surface area contributed by atoms with Crippen LogP contribution in [0.2, 0.25) is 0 Å². The minimum atomic E-state index is -3.15. The van der Waals surface area contributed by atoms with Crippen molar-refractivity contribution in [1.82, 2.24) is 4.72 Å². The molecule has 1 rings (SSSR count). The monoisotopic (exact) mass is 209 g/mol. The Morgan fingerprint density at radius 3 is 2.69 bits per heavy atom. The average molecular weight is 209 g/mol. The van der Waals surface area contributed by atoms with E-state index in [9.17, 15) is 8.42 Å². The van der Waals surface area contributed by atoms with E-state index in [1.807, 2.05) is 0 Å². The molecule has 1 heterocycles. The van der Waals surface area contributed by atoms with Gasteiger partial charge in [-0.2, -0.15) is 0 Å². The molecular formula is C7H15NO4S. The number of methoxy groups -OCH3 is 1. The van der Waals surface area contributed by atoms with Crippen LogP contribution in [0.5, 0.6) is 0 Å². The van der Waals surface area contributed by atoms with Gasteiger partial charge in [0.1, 0.15) is 5.60 Å². The summed E-state index contributed by atoms with van der Waals surface area (Å²) in [4.78, 5) is 0. The van der Waals surface area contributed by atoms with Gasteiger partial charge in [-0.05, 0) is 0 Å². The second-order valence-corrected chi connectivity index (χ2v) is 5.12. The number of rotatable bonds is 4. The van der Waals surface area contributed by atoms with Crippen molar-refractivity contribution in [3.8, 4) is 0 Å². The lowest BCUT2D eigenvalue weighted by atomic mass is 10.0. The fourth-order valence-electron chi connectivity index (χ4n) is 1.22. The summed E-state index contributed by atoms with van der Waals surface area (Å²) >= 11 is 0.